The van der Waals surface area contributed by atoms with Crippen molar-refractivity contribution < 1.29 is 18.7 Å². The van der Waals surface area contributed by atoms with Crippen LogP contribution in [0.2, 0.25) is 0 Å². The van der Waals surface area contributed by atoms with Crippen molar-refractivity contribution in [2.45, 2.75) is 13.0 Å². The Morgan fingerprint density at radius 1 is 1.18 bits per heavy atom. The van der Waals surface area contributed by atoms with Crippen molar-refractivity contribution in [1.29, 1.82) is 0 Å². The second-order valence-electron chi connectivity index (χ2n) is 6.46. The summed E-state index contributed by atoms with van der Waals surface area (Å²) < 4.78 is 16.0. The first-order valence-electron chi connectivity index (χ1n) is 8.98. The van der Waals surface area contributed by atoms with Crippen LogP contribution in [0.1, 0.15) is 21.9 Å². The Morgan fingerprint density at radius 2 is 2.07 bits per heavy atom. The third-order valence-corrected chi connectivity index (χ3v) is 4.54. The highest BCUT2D eigenvalue weighted by molar-refractivity contribution is 5.97. The molecule has 0 fully saturated rings. The second kappa shape index (κ2) is 7.74. The number of nitrogens with one attached hydrogen (secondary N) is 2. The predicted octanol–water partition coefficient (Wildman–Crippen LogP) is 3.44. The maximum Gasteiger partial charge on any atom is 0.251 e. The quantitative estimate of drug-likeness (QED) is 0.513. The number of H-pyrrole nitrogens is 1. The van der Waals surface area contributed by atoms with Crippen LogP contribution in [0.25, 0.3) is 22.0 Å². The molecule has 144 valence electrons. The van der Waals surface area contributed by atoms with Gasteiger partial charge in [-0.05, 0) is 42.5 Å². The monoisotopic (exact) mass is 379 g/mol. The van der Waals surface area contributed by atoms with Gasteiger partial charge in [-0.1, -0.05) is 0 Å². The number of amides is 1. The van der Waals surface area contributed by atoms with Crippen molar-refractivity contribution in [2.75, 3.05) is 20.8 Å². The summed E-state index contributed by atoms with van der Waals surface area (Å²) in [5.41, 5.74) is 3.76. The molecule has 0 spiro atoms. The van der Waals surface area contributed by atoms with Gasteiger partial charge in [-0.15, -0.1) is 0 Å². The van der Waals surface area contributed by atoms with Gasteiger partial charge in [0.05, 0.1) is 20.3 Å². The molecule has 2 N–H and O–H groups in total. The van der Waals surface area contributed by atoms with Crippen molar-refractivity contribution >= 4 is 27.9 Å². The molecule has 0 aliphatic rings. The Kier molecular flexibility index (Phi) is 4.99. The van der Waals surface area contributed by atoms with Gasteiger partial charge in [0, 0.05) is 35.7 Å². The van der Waals surface area contributed by atoms with E-state index in [9.17, 15) is 4.79 Å². The van der Waals surface area contributed by atoms with Crippen molar-refractivity contribution in [2.24, 2.45) is 0 Å². The zero-order chi connectivity index (χ0) is 19.5. The molecule has 1 amide bonds. The molecule has 4 rings (SSSR count). The van der Waals surface area contributed by atoms with Crippen LogP contribution in [-0.2, 0) is 17.7 Å². The van der Waals surface area contributed by atoms with Crippen LogP contribution >= 0.6 is 0 Å². The van der Waals surface area contributed by atoms with Crippen molar-refractivity contribution in [3.8, 4) is 5.75 Å². The van der Waals surface area contributed by atoms with Gasteiger partial charge in [-0.3, -0.25) is 4.79 Å². The summed E-state index contributed by atoms with van der Waals surface area (Å²) in [6, 6.07) is 13.1. The maximum atomic E-state index is 12.5. The number of methoxy groups -OCH3 is 2. The summed E-state index contributed by atoms with van der Waals surface area (Å²) in [5, 5.41) is 3.96. The lowest BCUT2D eigenvalue weighted by molar-refractivity contribution is 0.0950. The third kappa shape index (κ3) is 3.70. The van der Waals surface area contributed by atoms with Crippen LogP contribution in [0, 0.1) is 0 Å². The molecule has 7 heteroatoms. The molecule has 0 aliphatic carbocycles. The molecule has 0 unspecified atom stereocenters. The molecule has 7 nitrogen and oxygen atoms in total. The molecular formula is C21H21N3O4. The molecule has 0 bridgehead atoms. The summed E-state index contributed by atoms with van der Waals surface area (Å²) in [6.07, 6.45) is 0.595. The lowest BCUT2D eigenvalue weighted by Crippen LogP contribution is -2.22. The highest BCUT2D eigenvalue weighted by atomic mass is 16.5. The summed E-state index contributed by atoms with van der Waals surface area (Å²) in [7, 11) is 3.27. The van der Waals surface area contributed by atoms with E-state index >= 15 is 0 Å². The lowest BCUT2D eigenvalue weighted by atomic mass is 10.2. The van der Waals surface area contributed by atoms with Gasteiger partial charge < -0.3 is 24.2 Å². The first kappa shape index (κ1) is 18.1. The van der Waals surface area contributed by atoms with E-state index < -0.39 is 0 Å². The van der Waals surface area contributed by atoms with E-state index in [1.54, 1.807) is 32.4 Å². The summed E-state index contributed by atoms with van der Waals surface area (Å²) in [6.45, 7) is 0.930. The minimum atomic E-state index is -0.173. The topological polar surface area (TPSA) is 89.4 Å². The largest absolute Gasteiger partial charge is 0.497 e. The lowest BCUT2D eigenvalue weighted by Gasteiger charge is -2.03. The minimum Gasteiger partial charge on any atom is -0.497 e. The molecular weight excluding hydrogens is 358 g/mol. The highest BCUT2D eigenvalue weighted by Crippen LogP contribution is 2.22. The molecule has 28 heavy (non-hydrogen) atoms. The molecule has 2 aromatic heterocycles. The summed E-state index contributed by atoms with van der Waals surface area (Å²) in [4.78, 5) is 20.2. The van der Waals surface area contributed by atoms with Gasteiger partial charge in [0.1, 0.15) is 11.3 Å². The fraction of sp³-hybridized carbons (Fsp3) is 0.238. The Bertz CT molecular complexity index is 1130. The first-order chi connectivity index (χ1) is 13.7. The Morgan fingerprint density at radius 3 is 2.89 bits per heavy atom. The zero-order valence-electron chi connectivity index (χ0n) is 15.7. The fourth-order valence-corrected chi connectivity index (χ4v) is 3.08. The van der Waals surface area contributed by atoms with Gasteiger partial charge in [0.25, 0.3) is 5.91 Å². The fourth-order valence-electron chi connectivity index (χ4n) is 3.08. The standard InChI is InChI=1S/C21H21N3O4/c1-26-8-7-20-24-18-5-3-13(11-19(18)28-20)21(25)22-12-15-9-14-10-16(27-2)4-6-17(14)23-15/h3-6,9-11,23H,7-8,12H2,1-2H3,(H,22,25). The van der Waals surface area contributed by atoms with Crippen LogP contribution in [0.15, 0.2) is 46.9 Å². The van der Waals surface area contributed by atoms with E-state index in [2.05, 4.69) is 15.3 Å². The van der Waals surface area contributed by atoms with Gasteiger partial charge >= 0.3 is 0 Å². The van der Waals surface area contributed by atoms with Crippen LogP contribution in [0.4, 0.5) is 0 Å². The number of benzene rings is 2. The van der Waals surface area contributed by atoms with Crippen molar-refractivity contribution in [1.82, 2.24) is 15.3 Å². The highest BCUT2D eigenvalue weighted by Gasteiger charge is 2.11. The average Bonchev–Trinajstić information content (AvgIpc) is 3.32. The van der Waals surface area contributed by atoms with Gasteiger partial charge in [-0.2, -0.15) is 0 Å². The third-order valence-electron chi connectivity index (χ3n) is 4.54. The van der Waals surface area contributed by atoms with E-state index in [-0.39, 0.29) is 5.91 Å². The normalized spacial score (nSPS) is 11.2. The van der Waals surface area contributed by atoms with Crippen LogP contribution in [0.3, 0.4) is 0 Å². The number of carbonyl (C=O) groups excluding carboxylic acids is 1. The van der Waals surface area contributed by atoms with E-state index in [0.29, 0.717) is 36.6 Å². The Hall–Kier alpha value is -3.32. The molecule has 0 aliphatic heterocycles. The Labute approximate surface area is 161 Å². The van der Waals surface area contributed by atoms with Crippen LogP contribution < -0.4 is 10.1 Å². The van der Waals surface area contributed by atoms with Crippen molar-refractivity contribution in [3.63, 3.8) is 0 Å². The molecule has 2 heterocycles. The number of hydrogen-bond acceptors (Lipinski definition) is 5. The maximum absolute atomic E-state index is 12.5. The van der Waals surface area contributed by atoms with Gasteiger partial charge in [-0.25, -0.2) is 4.98 Å². The van der Waals surface area contributed by atoms with Crippen molar-refractivity contribution in [3.05, 3.63) is 59.6 Å². The first-order valence-corrected chi connectivity index (χ1v) is 8.98. The average molecular weight is 379 g/mol. The second-order valence-corrected chi connectivity index (χ2v) is 6.46. The minimum absolute atomic E-state index is 0.173. The number of aromatic amines is 1. The molecule has 2 aromatic carbocycles. The van der Waals surface area contributed by atoms with E-state index in [0.717, 1.165) is 27.9 Å². The summed E-state index contributed by atoms with van der Waals surface area (Å²) >= 11 is 0. The number of aromatic nitrogens is 2. The van der Waals surface area contributed by atoms with Gasteiger partial charge in [0.15, 0.2) is 11.5 Å². The zero-order valence-corrected chi connectivity index (χ0v) is 15.7. The van der Waals surface area contributed by atoms with Crippen LogP contribution in [-0.4, -0.2) is 36.7 Å². The van der Waals surface area contributed by atoms with E-state index in [1.807, 2.05) is 24.3 Å². The smallest absolute Gasteiger partial charge is 0.251 e. The SMILES string of the molecule is COCCc1nc2ccc(C(=O)NCc3cc4cc(OC)ccc4[nH]3)cc2o1. The number of carbonyl (C=O) groups is 1. The van der Waals surface area contributed by atoms with Crippen LogP contribution in [0.5, 0.6) is 5.75 Å². The number of ether oxygens (including phenoxy) is 2. The number of fused-ring (bicyclic) bond motifs is 2. The number of hydrogen-bond donors (Lipinski definition) is 2. The molecule has 4 aromatic rings. The number of oxazole rings is 1. The molecule has 0 radical (unpaired) electrons. The molecule has 0 saturated carbocycles. The van der Waals surface area contributed by atoms with E-state index in [4.69, 9.17) is 13.9 Å². The molecule has 0 atom stereocenters. The van der Waals surface area contributed by atoms with Gasteiger partial charge in [0.2, 0.25) is 0 Å². The Balaban J connectivity index is 1.45. The molecule has 0 saturated heterocycles. The number of rotatable bonds is 7. The van der Waals surface area contributed by atoms with E-state index in [1.165, 1.54) is 0 Å². The number of nitrogens with zero attached hydrogens (tertiary/aromatic N) is 1. The summed E-state index contributed by atoms with van der Waals surface area (Å²) in [5.74, 6) is 1.23. The predicted molar refractivity (Wildman–Crippen MR) is 106 cm³/mol.